The summed E-state index contributed by atoms with van der Waals surface area (Å²) in [5.41, 5.74) is 1.05. The molecule has 1 aromatic carbocycles. The second-order valence-electron chi connectivity index (χ2n) is 2.80. The Morgan fingerprint density at radius 1 is 1.20 bits per heavy atom. The van der Waals surface area contributed by atoms with Crippen LogP contribution in [0.15, 0.2) is 35.1 Å². The second-order valence-corrected chi connectivity index (χ2v) is 3.95. The third-order valence-corrected chi connectivity index (χ3v) is 2.94. The molecule has 0 N–H and O–H groups in total. The average molecular weight is 288 g/mol. The van der Waals surface area contributed by atoms with Crippen molar-refractivity contribution in [3.63, 3.8) is 0 Å². The molecule has 0 spiro atoms. The van der Waals surface area contributed by atoms with Gasteiger partial charge < -0.3 is 0 Å². The van der Waals surface area contributed by atoms with E-state index in [1.54, 1.807) is 12.1 Å². The first-order valence-corrected chi connectivity index (χ1v) is 5.28. The Morgan fingerprint density at radius 2 is 1.93 bits per heavy atom. The van der Waals surface area contributed by atoms with Gasteiger partial charge in [-0.25, -0.2) is 9.37 Å². The molecule has 2 nitrogen and oxygen atoms in total. The number of aromatic nitrogens is 2. The first kappa shape index (κ1) is 10.5. The van der Waals surface area contributed by atoms with Crippen LogP contribution in [0.3, 0.4) is 0 Å². The lowest BCUT2D eigenvalue weighted by Gasteiger charge is -2.05. The SMILES string of the molecule is Fc1cccc(-c2nccnc2Cl)c1Br. The van der Waals surface area contributed by atoms with Crippen molar-refractivity contribution in [2.24, 2.45) is 0 Å². The fourth-order valence-electron chi connectivity index (χ4n) is 1.19. The van der Waals surface area contributed by atoms with Gasteiger partial charge in [0.1, 0.15) is 11.5 Å². The molecule has 0 aliphatic carbocycles. The quantitative estimate of drug-likeness (QED) is 0.799. The molecule has 1 heterocycles. The Labute approximate surface area is 99.3 Å². The zero-order valence-corrected chi connectivity index (χ0v) is 9.76. The zero-order chi connectivity index (χ0) is 10.8. The first-order chi connectivity index (χ1) is 7.20. The lowest BCUT2D eigenvalue weighted by molar-refractivity contribution is 0.621. The number of hydrogen-bond acceptors (Lipinski definition) is 2. The van der Waals surface area contributed by atoms with E-state index in [2.05, 4.69) is 25.9 Å². The summed E-state index contributed by atoms with van der Waals surface area (Å²) in [5.74, 6) is -0.353. The number of hydrogen-bond donors (Lipinski definition) is 0. The maximum atomic E-state index is 13.3. The first-order valence-electron chi connectivity index (χ1n) is 4.11. The van der Waals surface area contributed by atoms with E-state index in [1.807, 2.05) is 0 Å². The Bertz CT molecular complexity index is 505. The summed E-state index contributed by atoms with van der Waals surface area (Å²) in [6.07, 6.45) is 3.00. The molecule has 5 heteroatoms. The van der Waals surface area contributed by atoms with Gasteiger partial charge in [0.05, 0.1) is 4.47 Å². The van der Waals surface area contributed by atoms with E-state index in [9.17, 15) is 4.39 Å². The van der Waals surface area contributed by atoms with Crippen LogP contribution in [0, 0.1) is 5.82 Å². The molecule has 0 atom stereocenters. The minimum Gasteiger partial charge on any atom is -0.251 e. The largest absolute Gasteiger partial charge is 0.251 e. The van der Waals surface area contributed by atoms with Crippen molar-refractivity contribution in [3.05, 3.63) is 46.0 Å². The van der Waals surface area contributed by atoms with E-state index in [1.165, 1.54) is 18.5 Å². The molecule has 0 amide bonds. The monoisotopic (exact) mass is 286 g/mol. The number of rotatable bonds is 1. The summed E-state index contributed by atoms with van der Waals surface area (Å²) >= 11 is 9.02. The van der Waals surface area contributed by atoms with Crippen molar-refractivity contribution in [1.82, 2.24) is 9.97 Å². The molecular formula is C10H5BrClFN2. The maximum absolute atomic E-state index is 13.3. The van der Waals surface area contributed by atoms with Crippen LogP contribution >= 0.6 is 27.5 Å². The Kier molecular flexibility index (Phi) is 2.98. The maximum Gasteiger partial charge on any atom is 0.155 e. The van der Waals surface area contributed by atoms with Gasteiger partial charge in [0.15, 0.2) is 5.15 Å². The van der Waals surface area contributed by atoms with Crippen molar-refractivity contribution in [3.8, 4) is 11.3 Å². The molecular weight excluding hydrogens is 282 g/mol. The highest BCUT2D eigenvalue weighted by Crippen LogP contribution is 2.31. The van der Waals surface area contributed by atoms with Gasteiger partial charge in [-0.05, 0) is 22.0 Å². The summed E-state index contributed by atoms with van der Waals surface area (Å²) in [7, 11) is 0. The van der Waals surface area contributed by atoms with Gasteiger partial charge in [-0.1, -0.05) is 23.7 Å². The lowest BCUT2D eigenvalue weighted by atomic mass is 10.1. The number of nitrogens with zero attached hydrogens (tertiary/aromatic N) is 2. The van der Waals surface area contributed by atoms with Gasteiger partial charge in [0, 0.05) is 18.0 Å². The standard InChI is InChI=1S/C10H5BrClFN2/c11-8-6(2-1-3-7(8)13)9-10(12)15-5-4-14-9/h1-5H. The minimum absolute atomic E-state index is 0.254. The van der Waals surface area contributed by atoms with Crippen molar-refractivity contribution in [2.45, 2.75) is 0 Å². The molecule has 76 valence electrons. The minimum atomic E-state index is -0.353. The summed E-state index contributed by atoms with van der Waals surface area (Å²) in [6.45, 7) is 0. The lowest BCUT2D eigenvalue weighted by Crippen LogP contribution is -1.90. The Balaban J connectivity index is 2.65. The van der Waals surface area contributed by atoms with E-state index < -0.39 is 0 Å². The number of benzene rings is 1. The molecule has 0 saturated heterocycles. The molecule has 0 radical (unpaired) electrons. The highest BCUT2D eigenvalue weighted by atomic mass is 79.9. The molecule has 0 aliphatic rings. The van der Waals surface area contributed by atoms with Crippen LogP contribution in [0.4, 0.5) is 4.39 Å². The van der Waals surface area contributed by atoms with Crippen LogP contribution in [0.1, 0.15) is 0 Å². The Morgan fingerprint density at radius 3 is 2.67 bits per heavy atom. The van der Waals surface area contributed by atoms with Crippen LogP contribution in [0.2, 0.25) is 5.15 Å². The third kappa shape index (κ3) is 2.01. The second kappa shape index (κ2) is 4.24. The molecule has 2 aromatic rings. The fraction of sp³-hybridized carbons (Fsp3) is 0. The molecule has 0 bridgehead atoms. The summed E-state index contributed by atoms with van der Waals surface area (Å²) in [4.78, 5) is 7.95. The van der Waals surface area contributed by atoms with E-state index in [-0.39, 0.29) is 11.0 Å². The van der Waals surface area contributed by atoms with Crippen molar-refractivity contribution >= 4 is 27.5 Å². The van der Waals surface area contributed by atoms with Gasteiger partial charge in [0.25, 0.3) is 0 Å². The van der Waals surface area contributed by atoms with Crippen LogP contribution in [0.25, 0.3) is 11.3 Å². The fourth-order valence-corrected chi connectivity index (χ4v) is 1.85. The van der Waals surface area contributed by atoms with Crippen LogP contribution in [0.5, 0.6) is 0 Å². The molecule has 2 rings (SSSR count). The van der Waals surface area contributed by atoms with E-state index in [0.29, 0.717) is 15.7 Å². The van der Waals surface area contributed by atoms with E-state index >= 15 is 0 Å². The molecule has 1 aromatic heterocycles. The van der Waals surface area contributed by atoms with Gasteiger partial charge >= 0.3 is 0 Å². The van der Waals surface area contributed by atoms with Crippen LogP contribution < -0.4 is 0 Å². The normalized spacial score (nSPS) is 10.3. The molecule has 0 aliphatic heterocycles. The smallest absolute Gasteiger partial charge is 0.155 e. The third-order valence-electron chi connectivity index (χ3n) is 1.86. The number of halogens is 3. The summed E-state index contributed by atoms with van der Waals surface area (Å²) in [5, 5.41) is 0.254. The average Bonchev–Trinajstić information content (AvgIpc) is 2.23. The predicted octanol–water partition coefficient (Wildman–Crippen LogP) is 3.70. The topological polar surface area (TPSA) is 25.8 Å². The Hall–Kier alpha value is -1.00. The van der Waals surface area contributed by atoms with Crippen molar-refractivity contribution in [2.75, 3.05) is 0 Å². The van der Waals surface area contributed by atoms with Gasteiger partial charge in [0.2, 0.25) is 0 Å². The summed E-state index contributed by atoms with van der Waals surface area (Å²) in [6, 6.07) is 4.68. The van der Waals surface area contributed by atoms with Crippen molar-refractivity contribution < 1.29 is 4.39 Å². The molecule has 0 unspecified atom stereocenters. The molecule has 0 fully saturated rings. The van der Waals surface area contributed by atoms with E-state index in [4.69, 9.17) is 11.6 Å². The van der Waals surface area contributed by atoms with Gasteiger partial charge in [-0.15, -0.1) is 0 Å². The zero-order valence-electron chi connectivity index (χ0n) is 7.42. The predicted molar refractivity (Wildman–Crippen MR) is 60.1 cm³/mol. The van der Waals surface area contributed by atoms with E-state index in [0.717, 1.165) is 0 Å². The van der Waals surface area contributed by atoms with Crippen LogP contribution in [-0.4, -0.2) is 9.97 Å². The molecule has 0 saturated carbocycles. The van der Waals surface area contributed by atoms with Crippen LogP contribution in [-0.2, 0) is 0 Å². The molecule has 15 heavy (non-hydrogen) atoms. The van der Waals surface area contributed by atoms with Crippen molar-refractivity contribution in [1.29, 1.82) is 0 Å². The summed E-state index contributed by atoms with van der Waals surface area (Å²) < 4.78 is 13.6. The highest BCUT2D eigenvalue weighted by Gasteiger charge is 2.11. The van der Waals surface area contributed by atoms with Gasteiger partial charge in [-0.3, -0.25) is 4.98 Å². The van der Waals surface area contributed by atoms with Gasteiger partial charge in [-0.2, -0.15) is 0 Å². The highest BCUT2D eigenvalue weighted by molar-refractivity contribution is 9.10.